The molecule has 0 aliphatic heterocycles. The molecular formula is C36H24. The molecule has 0 radical (unpaired) electrons. The third-order valence-electron chi connectivity index (χ3n) is 9.05. The highest BCUT2D eigenvalue weighted by molar-refractivity contribution is 5.91. The monoisotopic (exact) mass is 456 g/mol. The van der Waals surface area contributed by atoms with Crippen molar-refractivity contribution in [2.75, 3.05) is 0 Å². The molecule has 0 N–H and O–H groups in total. The van der Waals surface area contributed by atoms with Gasteiger partial charge >= 0.3 is 0 Å². The first-order valence-corrected chi connectivity index (χ1v) is 13.1. The van der Waals surface area contributed by atoms with Gasteiger partial charge in [-0.05, 0) is 114 Å². The molecule has 9 rings (SSSR count). The van der Waals surface area contributed by atoms with Gasteiger partial charge in [-0.15, -0.1) is 0 Å². The second kappa shape index (κ2) is 6.74. The molecule has 0 atom stereocenters. The van der Waals surface area contributed by atoms with Crippen LogP contribution in [0.25, 0.3) is 11.1 Å². The molecule has 5 aromatic carbocycles. The van der Waals surface area contributed by atoms with Crippen LogP contribution in [0.4, 0.5) is 0 Å². The lowest BCUT2D eigenvalue weighted by Crippen LogP contribution is -2.40. The number of benzene rings is 5. The van der Waals surface area contributed by atoms with E-state index >= 15 is 0 Å². The lowest BCUT2D eigenvalue weighted by molar-refractivity contribution is 0.936. The molecule has 0 unspecified atom stereocenters. The van der Waals surface area contributed by atoms with Crippen LogP contribution in [0.1, 0.15) is 66.8 Å². The van der Waals surface area contributed by atoms with Gasteiger partial charge in [-0.1, -0.05) is 97.1 Å². The molecule has 0 heteroatoms. The average Bonchev–Trinajstić information content (AvgIpc) is 2.94. The summed E-state index contributed by atoms with van der Waals surface area (Å²) in [5.41, 5.74) is 20.9. The van der Waals surface area contributed by atoms with E-state index in [2.05, 4.69) is 97.1 Å². The Kier molecular flexibility index (Phi) is 3.57. The Labute approximate surface area is 210 Å². The lowest BCUT2D eigenvalue weighted by Gasteiger charge is -2.35. The van der Waals surface area contributed by atoms with Crippen molar-refractivity contribution in [3.8, 4) is 0 Å². The Morgan fingerprint density at radius 1 is 0.306 bits per heavy atom. The maximum absolute atomic E-state index is 2.35. The van der Waals surface area contributed by atoms with Gasteiger partial charge in [0, 0.05) is 0 Å². The fraction of sp³-hybridized carbons (Fsp3) is 0.111. The first kappa shape index (κ1) is 19.1. The second-order valence-corrected chi connectivity index (χ2v) is 10.7. The first-order chi connectivity index (χ1) is 17.9. The largest absolute Gasteiger partial charge is 0.0619 e. The van der Waals surface area contributed by atoms with Gasteiger partial charge in [0.15, 0.2) is 0 Å². The van der Waals surface area contributed by atoms with Gasteiger partial charge in [0.25, 0.3) is 0 Å². The highest BCUT2D eigenvalue weighted by Gasteiger charge is 2.34. The highest BCUT2D eigenvalue weighted by atomic mass is 14.4. The molecule has 5 aromatic rings. The molecule has 0 amide bonds. The molecule has 0 aromatic heterocycles. The zero-order chi connectivity index (χ0) is 23.4. The molecular weight excluding hydrogens is 432 g/mol. The molecule has 0 heterocycles. The standard InChI is InChI=1S/C36H24/c1-5-13-25-21(9-1)17-29-30-18-23-11-3-7-15-27(23)34-28-16-8-4-12-24(28)20-32(36(30)34)31-19-22-10-2-6-14-26(22)33(25)35(29)31/h1-16H,17-20H2. The van der Waals surface area contributed by atoms with E-state index in [0.29, 0.717) is 0 Å². The van der Waals surface area contributed by atoms with E-state index in [1.165, 1.54) is 55.7 Å². The highest BCUT2D eigenvalue weighted by Crippen LogP contribution is 2.41. The fourth-order valence-electron chi connectivity index (χ4n) is 7.62. The van der Waals surface area contributed by atoms with Crippen molar-refractivity contribution in [1.29, 1.82) is 0 Å². The normalized spacial score (nSPS) is 15.2. The second-order valence-electron chi connectivity index (χ2n) is 10.7. The van der Waals surface area contributed by atoms with Crippen LogP contribution in [0, 0.1) is 0 Å². The molecule has 0 bridgehead atoms. The van der Waals surface area contributed by atoms with Gasteiger partial charge in [-0.25, -0.2) is 0 Å². The van der Waals surface area contributed by atoms with Crippen molar-refractivity contribution in [2.45, 2.75) is 25.7 Å². The van der Waals surface area contributed by atoms with Gasteiger partial charge in [-0.2, -0.15) is 0 Å². The van der Waals surface area contributed by atoms with Gasteiger partial charge in [0.05, 0.1) is 0 Å². The number of rotatable bonds is 0. The summed E-state index contributed by atoms with van der Waals surface area (Å²) in [5, 5.41) is 3.11. The van der Waals surface area contributed by atoms with E-state index in [0.717, 1.165) is 25.7 Å². The van der Waals surface area contributed by atoms with Crippen molar-refractivity contribution < 1.29 is 0 Å². The predicted molar refractivity (Wildman–Crippen MR) is 146 cm³/mol. The Morgan fingerprint density at radius 2 is 0.556 bits per heavy atom. The summed E-state index contributed by atoms with van der Waals surface area (Å²) in [6.45, 7) is 0. The van der Waals surface area contributed by atoms with Crippen molar-refractivity contribution >= 4 is 11.1 Å². The molecule has 0 nitrogen and oxygen atoms in total. The van der Waals surface area contributed by atoms with Gasteiger partial charge in [0.1, 0.15) is 0 Å². The van der Waals surface area contributed by atoms with E-state index in [1.807, 2.05) is 0 Å². The average molecular weight is 457 g/mol. The van der Waals surface area contributed by atoms with Gasteiger partial charge in [-0.3, -0.25) is 0 Å². The maximum atomic E-state index is 2.35. The molecule has 36 heavy (non-hydrogen) atoms. The molecule has 0 fully saturated rings. The molecule has 168 valence electrons. The summed E-state index contributed by atoms with van der Waals surface area (Å²) in [4.78, 5) is 0. The molecule has 0 saturated heterocycles. The minimum Gasteiger partial charge on any atom is -0.0619 e. The predicted octanol–water partition coefficient (Wildman–Crippen LogP) is 5.80. The molecule has 4 aliphatic rings. The van der Waals surface area contributed by atoms with E-state index in [4.69, 9.17) is 0 Å². The van der Waals surface area contributed by atoms with Gasteiger partial charge < -0.3 is 0 Å². The zero-order valence-electron chi connectivity index (χ0n) is 20.1. The van der Waals surface area contributed by atoms with Crippen molar-refractivity contribution in [3.63, 3.8) is 0 Å². The quantitative estimate of drug-likeness (QED) is 0.271. The fourth-order valence-corrected chi connectivity index (χ4v) is 7.62. The smallest absolute Gasteiger partial charge is 0.00103 e. The van der Waals surface area contributed by atoms with Crippen LogP contribution in [0.15, 0.2) is 97.1 Å². The Bertz CT molecular complexity index is 1660. The Morgan fingerprint density at radius 3 is 0.833 bits per heavy atom. The number of hydrogen-bond donors (Lipinski definition) is 0. The molecule has 0 spiro atoms. The number of fused-ring (bicyclic) bond motifs is 10. The summed E-state index contributed by atoms with van der Waals surface area (Å²) in [7, 11) is 0. The van der Waals surface area contributed by atoms with E-state index in [1.54, 1.807) is 32.7 Å². The van der Waals surface area contributed by atoms with Gasteiger partial charge in [0.2, 0.25) is 0 Å². The minimum absolute atomic E-state index is 1.03. The van der Waals surface area contributed by atoms with Crippen molar-refractivity contribution in [3.05, 3.63) is 174 Å². The maximum Gasteiger partial charge on any atom is -0.00103 e. The Hall–Kier alpha value is -4.16. The topological polar surface area (TPSA) is 0 Å². The molecule has 4 aliphatic carbocycles. The van der Waals surface area contributed by atoms with Crippen molar-refractivity contribution in [1.82, 2.24) is 0 Å². The van der Waals surface area contributed by atoms with Crippen LogP contribution in [0.3, 0.4) is 0 Å². The minimum atomic E-state index is 1.03. The molecule has 0 saturated carbocycles. The summed E-state index contributed by atoms with van der Waals surface area (Å²) in [6, 6.07) is 36.6. The van der Waals surface area contributed by atoms with Crippen LogP contribution in [-0.2, 0) is 25.7 Å². The van der Waals surface area contributed by atoms with E-state index in [-0.39, 0.29) is 0 Å². The van der Waals surface area contributed by atoms with Crippen LogP contribution in [-0.4, -0.2) is 0 Å². The van der Waals surface area contributed by atoms with E-state index < -0.39 is 0 Å². The summed E-state index contributed by atoms with van der Waals surface area (Å²) in [5.74, 6) is 0. The third kappa shape index (κ3) is 2.30. The van der Waals surface area contributed by atoms with Crippen LogP contribution >= 0.6 is 0 Å². The van der Waals surface area contributed by atoms with Crippen LogP contribution in [0.2, 0.25) is 0 Å². The first-order valence-electron chi connectivity index (χ1n) is 13.1. The Balaban J connectivity index is 1.55. The van der Waals surface area contributed by atoms with E-state index in [9.17, 15) is 0 Å². The third-order valence-corrected chi connectivity index (χ3v) is 9.05. The van der Waals surface area contributed by atoms with Crippen LogP contribution < -0.4 is 10.4 Å². The number of hydrogen-bond acceptors (Lipinski definition) is 0. The summed E-state index contributed by atoms with van der Waals surface area (Å²) in [6.07, 6.45) is 4.13. The SMILES string of the molecule is c1ccc2c(c1)Cc1c3c4c(c5c1=C2c1ccccc1C5)Cc1ccccc1C=4c1ccccc1C3. The van der Waals surface area contributed by atoms with Crippen LogP contribution in [0.5, 0.6) is 0 Å². The zero-order valence-corrected chi connectivity index (χ0v) is 20.1. The summed E-state index contributed by atoms with van der Waals surface area (Å²) < 4.78 is 0. The van der Waals surface area contributed by atoms with Crippen molar-refractivity contribution in [2.24, 2.45) is 0 Å². The lowest BCUT2D eigenvalue weighted by atomic mass is 9.68. The summed E-state index contributed by atoms with van der Waals surface area (Å²) >= 11 is 0.